The normalized spacial score (nSPS) is 22.2. The van der Waals surface area contributed by atoms with Gasteiger partial charge in [-0.15, -0.1) is 0 Å². The number of hydrogen-bond donors (Lipinski definition) is 0. The lowest BCUT2D eigenvalue weighted by Gasteiger charge is -2.38. The smallest absolute Gasteiger partial charge is 0.338 e. The number of carbonyl (C=O) groups is 2. The molecular weight excluding hydrogens is 440 g/mol. The summed E-state index contributed by atoms with van der Waals surface area (Å²) in [7, 11) is 1.37. The van der Waals surface area contributed by atoms with Crippen LogP contribution in [0.25, 0.3) is 0 Å². The van der Waals surface area contributed by atoms with E-state index in [2.05, 4.69) is 0 Å². The van der Waals surface area contributed by atoms with E-state index in [0.717, 1.165) is 0 Å². The van der Waals surface area contributed by atoms with Crippen LogP contribution in [-0.4, -0.2) is 53.5 Å². The van der Waals surface area contributed by atoms with Crippen LogP contribution in [0.15, 0.2) is 48.5 Å². The van der Waals surface area contributed by atoms with Crippen LogP contribution in [0.2, 0.25) is 0 Å². The van der Waals surface area contributed by atoms with Crippen molar-refractivity contribution in [1.82, 2.24) is 0 Å². The van der Waals surface area contributed by atoms with E-state index in [1.807, 2.05) is 0 Å². The van der Waals surface area contributed by atoms with Gasteiger partial charge < -0.3 is 18.9 Å². The molecule has 0 saturated carbocycles. The Morgan fingerprint density at radius 3 is 1.67 bits per heavy atom. The van der Waals surface area contributed by atoms with Crippen molar-refractivity contribution >= 4 is 23.3 Å². The molecule has 174 valence electrons. The lowest BCUT2D eigenvalue weighted by Crippen LogP contribution is -2.50. The number of hydrogen-bond acceptors (Lipinski definition) is 10. The fourth-order valence-electron chi connectivity index (χ4n) is 3.22. The van der Waals surface area contributed by atoms with E-state index in [1.165, 1.54) is 55.6 Å². The number of esters is 2. The Morgan fingerprint density at radius 2 is 1.27 bits per heavy atom. The summed E-state index contributed by atoms with van der Waals surface area (Å²) in [5.41, 5.74) is -0.133. The van der Waals surface area contributed by atoms with E-state index in [4.69, 9.17) is 18.9 Å². The van der Waals surface area contributed by atoms with Gasteiger partial charge in [0.05, 0.1) is 27.1 Å². The zero-order chi connectivity index (χ0) is 24.1. The molecule has 1 saturated heterocycles. The molecule has 4 atom stereocenters. The second-order valence-electron chi connectivity index (χ2n) is 7.18. The van der Waals surface area contributed by atoms with Gasteiger partial charge in [0, 0.05) is 37.8 Å². The lowest BCUT2D eigenvalue weighted by atomic mass is 10.0. The first kappa shape index (κ1) is 23.8. The van der Waals surface area contributed by atoms with Crippen LogP contribution >= 0.6 is 0 Å². The Bertz CT molecular complexity index is 1040. The number of non-ortho nitro benzene ring substituents is 2. The molecule has 1 aliphatic rings. The van der Waals surface area contributed by atoms with Crippen molar-refractivity contribution < 1.29 is 38.4 Å². The van der Waals surface area contributed by atoms with Crippen molar-refractivity contribution in [1.29, 1.82) is 0 Å². The van der Waals surface area contributed by atoms with E-state index in [0.29, 0.717) is 0 Å². The maximum Gasteiger partial charge on any atom is 0.338 e. The van der Waals surface area contributed by atoms with Crippen LogP contribution in [0.5, 0.6) is 0 Å². The number of methoxy groups -OCH3 is 1. The Balaban J connectivity index is 1.68. The first-order valence-electron chi connectivity index (χ1n) is 9.78. The van der Waals surface area contributed by atoms with E-state index < -0.39 is 46.4 Å². The molecule has 3 rings (SSSR count). The van der Waals surface area contributed by atoms with Gasteiger partial charge in [-0.3, -0.25) is 20.2 Å². The van der Waals surface area contributed by atoms with Crippen LogP contribution in [0, 0.1) is 20.2 Å². The molecule has 0 N–H and O–H groups in total. The minimum Gasteiger partial charge on any atom is -0.456 e. The van der Waals surface area contributed by atoms with Gasteiger partial charge in [0.1, 0.15) is 6.10 Å². The van der Waals surface area contributed by atoms with Gasteiger partial charge in [0.15, 0.2) is 12.4 Å². The number of nitro benzene ring substituents is 2. The van der Waals surface area contributed by atoms with Crippen molar-refractivity contribution in [2.75, 3.05) is 7.11 Å². The summed E-state index contributed by atoms with van der Waals surface area (Å²) < 4.78 is 21.9. The molecule has 0 bridgehead atoms. The fraction of sp³-hybridized carbons (Fsp3) is 0.333. The van der Waals surface area contributed by atoms with Crippen LogP contribution in [-0.2, 0) is 18.9 Å². The van der Waals surface area contributed by atoms with Gasteiger partial charge in [-0.05, 0) is 31.2 Å². The van der Waals surface area contributed by atoms with Crippen molar-refractivity contribution in [3.05, 3.63) is 79.9 Å². The van der Waals surface area contributed by atoms with E-state index in [9.17, 15) is 29.8 Å². The highest BCUT2D eigenvalue weighted by Crippen LogP contribution is 2.27. The first-order chi connectivity index (χ1) is 15.7. The molecule has 0 amide bonds. The van der Waals surface area contributed by atoms with E-state index in [-0.39, 0.29) is 28.9 Å². The van der Waals surface area contributed by atoms with Crippen molar-refractivity contribution in [2.24, 2.45) is 0 Å². The molecule has 1 heterocycles. The average Bonchev–Trinajstić information content (AvgIpc) is 2.80. The molecule has 12 nitrogen and oxygen atoms in total. The summed E-state index contributed by atoms with van der Waals surface area (Å²) in [4.78, 5) is 45.4. The summed E-state index contributed by atoms with van der Waals surface area (Å²) in [6.45, 7) is 1.66. The molecule has 0 aliphatic carbocycles. The summed E-state index contributed by atoms with van der Waals surface area (Å²) in [6.07, 6.45) is -3.17. The van der Waals surface area contributed by atoms with Crippen molar-refractivity contribution in [2.45, 2.75) is 37.9 Å². The first-order valence-corrected chi connectivity index (χ1v) is 9.78. The molecular formula is C21H20N2O10. The van der Waals surface area contributed by atoms with Crippen molar-refractivity contribution in [3.8, 4) is 0 Å². The number of ether oxygens (including phenoxy) is 4. The van der Waals surface area contributed by atoms with Crippen LogP contribution in [0.4, 0.5) is 11.4 Å². The molecule has 2 aromatic carbocycles. The number of nitrogens with zero attached hydrogens (tertiary/aromatic N) is 2. The SMILES string of the molecule is COC1OC(C)C(OC(=O)c2ccc([N+](=O)[O-])cc2)CC1OC(=O)c1ccc([N+](=O)[O-])cc1. The second kappa shape index (κ2) is 10.1. The summed E-state index contributed by atoms with van der Waals surface area (Å²) in [5, 5.41) is 21.5. The lowest BCUT2D eigenvalue weighted by molar-refractivity contribution is -0.385. The van der Waals surface area contributed by atoms with Gasteiger partial charge in [0.2, 0.25) is 0 Å². The number of rotatable bonds is 7. The van der Waals surface area contributed by atoms with E-state index >= 15 is 0 Å². The van der Waals surface area contributed by atoms with Gasteiger partial charge in [-0.1, -0.05) is 0 Å². The Kier molecular flexibility index (Phi) is 7.30. The fourth-order valence-corrected chi connectivity index (χ4v) is 3.22. The molecule has 0 aromatic heterocycles. The largest absolute Gasteiger partial charge is 0.456 e. The second-order valence-corrected chi connectivity index (χ2v) is 7.18. The molecule has 0 spiro atoms. The minimum absolute atomic E-state index is 0.0666. The van der Waals surface area contributed by atoms with Gasteiger partial charge in [-0.25, -0.2) is 9.59 Å². The molecule has 12 heteroatoms. The van der Waals surface area contributed by atoms with Crippen LogP contribution in [0.1, 0.15) is 34.1 Å². The number of nitro groups is 2. The number of benzene rings is 2. The van der Waals surface area contributed by atoms with Crippen molar-refractivity contribution in [3.63, 3.8) is 0 Å². The molecule has 2 aromatic rings. The Labute approximate surface area is 187 Å². The van der Waals surface area contributed by atoms with Crippen LogP contribution < -0.4 is 0 Å². The molecule has 4 unspecified atom stereocenters. The van der Waals surface area contributed by atoms with E-state index in [1.54, 1.807) is 6.92 Å². The summed E-state index contributed by atoms with van der Waals surface area (Å²) in [6, 6.07) is 9.82. The van der Waals surface area contributed by atoms with Gasteiger partial charge >= 0.3 is 11.9 Å². The predicted octanol–water partition coefficient (Wildman–Crippen LogP) is 3.04. The predicted molar refractivity (Wildman–Crippen MR) is 111 cm³/mol. The third kappa shape index (κ3) is 5.67. The minimum atomic E-state index is -0.927. The molecule has 33 heavy (non-hydrogen) atoms. The third-order valence-corrected chi connectivity index (χ3v) is 5.02. The highest BCUT2D eigenvalue weighted by molar-refractivity contribution is 5.90. The van der Waals surface area contributed by atoms with Crippen LogP contribution in [0.3, 0.4) is 0 Å². The van der Waals surface area contributed by atoms with Gasteiger partial charge in [0.25, 0.3) is 11.4 Å². The third-order valence-electron chi connectivity index (χ3n) is 5.02. The zero-order valence-electron chi connectivity index (χ0n) is 17.6. The quantitative estimate of drug-likeness (QED) is 0.341. The Hall–Kier alpha value is -3.90. The molecule has 1 aliphatic heterocycles. The summed E-state index contributed by atoms with van der Waals surface area (Å²) in [5.74, 6) is -1.47. The van der Waals surface area contributed by atoms with Gasteiger partial charge in [-0.2, -0.15) is 0 Å². The highest BCUT2D eigenvalue weighted by atomic mass is 16.7. The monoisotopic (exact) mass is 460 g/mol. The molecule has 1 fully saturated rings. The zero-order valence-corrected chi connectivity index (χ0v) is 17.6. The molecule has 0 radical (unpaired) electrons. The highest BCUT2D eigenvalue weighted by Gasteiger charge is 2.40. The topological polar surface area (TPSA) is 157 Å². The average molecular weight is 460 g/mol. The Morgan fingerprint density at radius 1 is 0.848 bits per heavy atom. The maximum atomic E-state index is 12.5. The number of carbonyl (C=O) groups excluding carboxylic acids is 2. The summed E-state index contributed by atoms with van der Waals surface area (Å²) >= 11 is 0. The maximum absolute atomic E-state index is 12.5. The standard InChI is InChI=1S/C21H20N2O10/c1-12-17(32-19(24)13-3-7-15(8-4-13)22(26)27)11-18(21(30-2)31-12)33-20(25)14-5-9-16(10-6-14)23(28)29/h3-10,12,17-18,21H,11H2,1-2H3.